The molecule has 0 saturated heterocycles. The van der Waals surface area contributed by atoms with Crippen molar-refractivity contribution in [3.05, 3.63) is 58.4 Å². The van der Waals surface area contributed by atoms with Gasteiger partial charge in [-0.3, -0.25) is 0 Å². The average Bonchev–Trinajstić information content (AvgIpc) is 2.51. The minimum atomic E-state index is -0.443. The zero-order valence-electron chi connectivity index (χ0n) is 12.1. The molecule has 0 aliphatic rings. The number of nitrogens with one attached hydrogen (secondary N) is 1. The van der Waals surface area contributed by atoms with Crippen molar-refractivity contribution in [1.82, 2.24) is 5.32 Å². The molecule has 1 N–H and O–H groups in total. The van der Waals surface area contributed by atoms with Crippen LogP contribution in [0.1, 0.15) is 17.2 Å². The lowest BCUT2D eigenvalue weighted by Gasteiger charge is -2.20. The molecule has 2 aromatic carbocycles. The van der Waals surface area contributed by atoms with Gasteiger partial charge in [-0.2, -0.15) is 0 Å². The van der Waals surface area contributed by atoms with Crippen LogP contribution < -0.4 is 14.8 Å². The van der Waals surface area contributed by atoms with Gasteiger partial charge in [-0.1, -0.05) is 17.7 Å². The Bertz CT molecular complexity index is 634. The lowest BCUT2D eigenvalue weighted by Crippen LogP contribution is -2.18. The van der Waals surface area contributed by atoms with Gasteiger partial charge in [0.2, 0.25) is 0 Å². The normalized spacial score (nSPS) is 12.0. The van der Waals surface area contributed by atoms with Gasteiger partial charge >= 0.3 is 0 Å². The van der Waals surface area contributed by atoms with Crippen LogP contribution in [-0.4, -0.2) is 21.3 Å². The first kappa shape index (κ1) is 15.6. The maximum Gasteiger partial charge on any atom is 0.142 e. The van der Waals surface area contributed by atoms with Gasteiger partial charge in [0.25, 0.3) is 0 Å². The summed E-state index contributed by atoms with van der Waals surface area (Å²) in [7, 11) is 4.99. The van der Waals surface area contributed by atoms with Crippen molar-refractivity contribution in [3.8, 4) is 11.5 Å². The van der Waals surface area contributed by atoms with Gasteiger partial charge in [0, 0.05) is 11.6 Å². The molecule has 2 aromatic rings. The van der Waals surface area contributed by atoms with E-state index in [-0.39, 0.29) is 11.1 Å². The monoisotopic (exact) mass is 309 g/mol. The maximum atomic E-state index is 13.7. The van der Waals surface area contributed by atoms with Crippen LogP contribution in [0.5, 0.6) is 11.5 Å². The van der Waals surface area contributed by atoms with Crippen LogP contribution in [0, 0.1) is 5.82 Å². The number of hydrogen-bond acceptors (Lipinski definition) is 3. The molecular weight excluding hydrogens is 293 g/mol. The molecule has 5 heteroatoms. The van der Waals surface area contributed by atoms with Gasteiger partial charge in [-0.15, -0.1) is 0 Å². The Morgan fingerprint density at radius 3 is 2.43 bits per heavy atom. The first-order valence-electron chi connectivity index (χ1n) is 6.44. The van der Waals surface area contributed by atoms with E-state index in [4.69, 9.17) is 21.1 Å². The first-order chi connectivity index (χ1) is 10.1. The summed E-state index contributed by atoms with van der Waals surface area (Å²) < 4.78 is 24.3. The van der Waals surface area contributed by atoms with E-state index in [1.807, 2.05) is 12.1 Å². The summed E-state index contributed by atoms with van der Waals surface area (Å²) in [6.45, 7) is 0. The minimum Gasteiger partial charge on any atom is -0.497 e. The van der Waals surface area contributed by atoms with Crippen molar-refractivity contribution < 1.29 is 13.9 Å². The zero-order chi connectivity index (χ0) is 15.4. The Balaban J connectivity index is 2.47. The number of hydrogen-bond donors (Lipinski definition) is 1. The van der Waals surface area contributed by atoms with Crippen LogP contribution >= 0.6 is 11.6 Å². The second-order valence-electron chi connectivity index (χ2n) is 4.50. The van der Waals surface area contributed by atoms with Crippen molar-refractivity contribution in [2.75, 3.05) is 21.3 Å². The molecule has 1 unspecified atom stereocenters. The van der Waals surface area contributed by atoms with E-state index in [0.717, 1.165) is 11.1 Å². The number of benzene rings is 2. The molecule has 2 rings (SSSR count). The van der Waals surface area contributed by atoms with Crippen LogP contribution in [0.15, 0.2) is 36.4 Å². The van der Waals surface area contributed by atoms with E-state index < -0.39 is 5.82 Å². The van der Waals surface area contributed by atoms with Crippen molar-refractivity contribution >= 4 is 11.6 Å². The summed E-state index contributed by atoms with van der Waals surface area (Å²) >= 11 is 5.74. The topological polar surface area (TPSA) is 30.5 Å². The number of methoxy groups -OCH3 is 2. The summed E-state index contributed by atoms with van der Waals surface area (Å²) in [5.41, 5.74) is 1.66. The van der Waals surface area contributed by atoms with Crippen LogP contribution in [0.25, 0.3) is 0 Å². The van der Waals surface area contributed by atoms with Crippen molar-refractivity contribution in [1.29, 1.82) is 0 Å². The van der Waals surface area contributed by atoms with Crippen LogP contribution in [0.3, 0.4) is 0 Å². The predicted octanol–water partition coefficient (Wildman–Crippen LogP) is 3.81. The minimum absolute atomic E-state index is 0.107. The van der Waals surface area contributed by atoms with E-state index in [9.17, 15) is 4.39 Å². The van der Waals surface area contributed by atoms with Crippen LogP contribution in [0.4, 0.5) is 4.39 Å². The highest BCUT2D eigenvalue weighted by Gasteiger charge is 2.18. The molecule has 0 fully saturated rings. The summed E-state index contributed by atoms with van der Waals surface area (Å²) in [6.07, 6.45) is 0. The smallest absolute Gasteiger partial charge is 0.142 e. The summed E-state index contributed by atoms with van der Waals surface area (Å²) in [5, 5.41) is 3.27. The van der Waals surface area contributed by atoms with Gasteiger partial charge in [0.1, 0.15) is 17.3 Å². The lowest BCUT2D eigenvalue weighted by molar-refractivity contribution is 0.388. The lowest BCUT2D eigenvalue weighted by atomic mass is 9.97. The zero-order valence-corrected chi connectivity index (χ0v) is 12.9. The largest absolute Gasteiger partial charge is 0.497 e. The average molecular weight is 310 g/mol. The molecule has 0 heterocycles. The Kier molecular flexibility index (Phi) is 5.04. The highest BCUT2D eigenvalue weighted by molar-refractivity contribution is 6.30. The molecule has 0 bridgehead atoms. The van der Waals surface area contributed by atoms with E-state index in [2.05, 4.69) is 5.32 Å². The van der Waals surface area contributed by atoms with Gasteiger partial charge in [-0.25, -0.2) is 4.39 Å². The molecule has 112 valence electrons. The fourth-order valence-corrected chi connectivity index (χ4v) is 2.37. The molecule has 0 radical (unpaired) electrons. The quantitative estimate of drug-likeness (QED) is 0.911. The second kappa shape index (κ2) is 6.78. The van der Waals surface area contributed by atoms with Gasteiger partial charge in [-0.05, 0) is 36.9 Å². The third-order valence-electron chi connectivity index (χ3n) is 3.32. The van der Waals surface area contributed by atoms with Crippen molar-refractivity contribution in [2.24, 2.45) is 0 Å². The Morgan fingerprint density at radius 2 is 1.86 bits per heavy atom. The summed E-state index contributed by atoms with van der Waals surface area (Å²) in [5.74, 6) is 0.929. The van der Waals surface area contributed by atoms with Crippen LogP contribution in [0.2, 0.25) is 5.02 Å². The Morgan fingerprint density at radius 1 is 1.10 bits per heavy atom. The fraction of sp³-hybridized carbons (Fsp3) is 0.250. The van der Waals surface area contributed by atoms with E-state index >= 15 is 0 Å². The number of ether oxygens (including phenoxy) is 2. The number of rotatable bonds is 5. The van der Waals surface area contributed by atoms with Gasteiger partial charge < -0.3 is 14.8 Å². The SMILES string of the molecule is CNC(c1ccc(Cl)c(F)c1)c1ccc(OC)cc1OC. The molecule has 21 heavy (non-hydrogen) atoms. The highest BCUT2D eigenvalue weighted by Crippen LogP contribution is 2.33. The fourth-order valence-electron chi connectivity index (χ4n) is 2.25. The molecule has 0 aliphatic heterocycles. The summed E-state index contributed by atoms with van der Waals surface area (Å²) in [4.78, 5) is 0. The number of halogens is 2. The van der Waals surface area contributed by atoms with Crippen LogP contribution in [-0.2, 0) is 0 Å². The molecule has 0 aromatic heterocycles. The van der Waals surface area contributed by atoms with E-state index in [1.165, 1.54) is 6.07 Å². The molecule has 0 saturated carbocycles. The van der Waals surface area contributed by atoms with Gasteiger partial charge in [0.15, 0.2) is 0 Å². The van der Waals surface area contributed by atoms with Crippen molar-refractivity contribution in [3.63, 3.8) is 0 Å². The molecule has 0 spiro atoms. The Labute approximate surface area is 128 Å². The highest BCUT2D eigenvalue weighted by atomic mass is 35.5. The predicted molar refractivity (Wildman–Crippen MR) is 81.9 cm³/mol. The second-order valence-corrected chi connectivity index (χ2v) is 4.91. The van der Waals surface area contributed by atoms with E-state index in [0.29, 0.717) is 11.5 Å². The molecule has 0 aliphatic carbocycles. The maximum absolute atomic E-state index is 13.7. The van der Waals surface area contributed by atoms with Crippen molar-refractivity contribution in [2.45, 2.75) is 6.04 Å². The molecular formula is C16H17ClFNO2. The third kappa shape index (κ3) is 3.28. The first-order valence-corrected chi connectivity index (χ1v) is 6.82. The Hall–Kier alpha value is -1.78. The summed E-state index contributed by atoms with van der Waals surface area (Å²) in [6, 6.07) is 10.1. The third-order valence-corrected chi connectivity index (χ3v) is 3.62. The molecule has 0 amide bonds. The molecule has 1 atom stereocenters. The molecule has 3 nitrogen and oxygen atoms in total. The van der Waals surface area contributed by atoms with Gasteiger partial charge in [0.05, 0.1) is 25.3 Å². The standard InChI is InChI=1S/C16H17ClFNO2/c1-19-16(10-4-7-13(17)14(18)8-10)12-6-5-11(20-2)9-15(12)21-3/h4-9,16,19H,1-3H3. The van der Waals surface area contributed by atoms with E-state index in [1.54, 1.807) is 39.5 Å².